The second-order valence-electron chi connectivity index (χ2n) is 6.59. The second-order valence-corrected chi connectivity index (χ2v) is 7.82. The lowest BCUT2D eigenvalue weighted by atomic mass is 10.1. The molecule has 2 heterocycles. The molecular weight excluding hydrogens is 389 g/mol. The number of anilines is 1. The molecule has 1 saturated heterocycles. The zero-order chi connectivity index (χ0) is 18.8. The van der Waals surface area contributed by atoms with Gasteiger partial charge >= 0.3 is 0 Å². The highest BCUT2D eigenvalue weighted by Crippen LogP contribution is 2.26. The van der Waals surface area contributed by atoms with Gasteiger partial charge in [-0.2, -0.15) is 5.10 Å². The second kappa shape index (κ2) is 8.13. The minimum Gasteiger partial charge on any atom is -0.346 e. The van der Waals surface area contributed by atoms with Gasteiger partial charge in [0, 0.05) is 56.1 Å². The van der Waals surface area contributed by atoms with E-state index >= 15 is 0 Å². The number of nitrogens with zero attached hydrogens (tertiary/aromatic N) is 4. The maximum Gasteiger partial charge on any atom is 0.173 e. The van der Waals surface area contributed by atoms with E-state index in [0.717, 1.165) is 44.1 Å². The summed E-state index contributed by atoms with van der Waals surface area (Å²) >= 11 is 17.7. The average molecular weight is 412 g/mol. The largest absolute Gasteiger partial charge is 0.346 e. The first kappa shape index (κ1) is 19.4. The lowest BCUT2D eigenvalue weighted by Gasteiger charge is -2.36. The summed E-state index contributed by atoms with van der Waals surface area (Å²) in [6, 6.07) is 5.36. The molecule has 1 N–H and O–H groups in total. The summed E-state index contributed by atoms with van der Waals surface area (Å²) in [5.41, 5.74) is 4.46. The van der Waals surface area contributed by atoms with Crippen LogP contribution < -0.4 is 5.32 Å². The molecule has 1 aliphatic heterocycles. The summed E-state index contributed by atoms with van der Waals surface area (Å²) in [5.74, 6) is 0. The molecular formula is C18H23Cl2N5S. The first-order chi connectivity index (χ1) is 12.3. The van der Waals surface area contributed by atoms with Crippen molar-refractivity contribution in [3.8, 4) is 0 Å². The molecule has 0 spiro atoms. The SMILES string of the molecule is Cc1nn(C)c(C)c1CN1CCN(C(=S)Nc2ccc(Cl)cc2Cl)CC1. The average Bonchev–Trinajstić information content (AvgIpc) is 2.84. The van der Waals surface area contributed by atoms with Crippen molar-refractivity contribution in [2.45, 2.75) is 20.4 Å². The van der Waals surface area contributed by atoms with E-state index in [1.54, 1.807) is 12.1 Å². The van der Waals surface area contributed by atoms with Crippen LogP contribution in [0.5, 0.6) is 0 Å². The van der Waals surface area contributed by atoms with Crippen molar-refractivity contribution in [2.75, 3.05) is 31.5 Å². The van der Waals surface area contributed by atoms with Gasteiger partial charge in [-0.15, -0.1) is 0 Å². The molecule has 26 heavy (non-hydrogen) atoms. The van der Waals surface area contributed by atoms with Crippen molar-refractivity contribution in [3.63, 3.8) is 0 Å². The zero-order valence-electron chi connectivity index (χ0n) is 15.2. The molecule has 8 heteroatoms. The zero-order valence-corrected chi connectivity index (χ0v) is 17.5. The summed E-state index contributed by atoms with van der Waals surface area (Å²) in [5, 5.41) is 9.61. The van der Waals surface area contributed by atoms with Gasteiger partial charge in [-0.3, -0.25) is 9.58 Å². The predicted octanol–water partition coefficient (Wildman–Crippen LogP) is 3.86. The number of piperazine rings is 1. The summed E-state index contributed by atoms with van der Waals surface area (Å²) in [4.78, 5) is 4.63. The van der Waals surface area contributed by atoms with Gasteiger partial charge in [0.2, 0.25) is 0 Å². The van der Waals surface area contributed by atoms with Crippen LogP contribution in [-0.4, -0.2) is 50.9 Å². The topological polar surface area (TPSA) is 36.3 Å². The van der Waals surface area contributed by atoms with Gasteiger partial charge < -0.3 is 10.2 Å². The molecule has 0 saturated carbocycles. The molecule has 2 aromatic rings. The molecule has 1 aromatic carbocycles. The number of rotatable bonds is 3. The highest BCUT2D eigenvalue weighted by Gasteiger charge is 2.21. The lowest BCUT2D eigenvalue weighted by molar-refractivity contribution is 0.176. The minimum absolute atomic E-state index is 0.570. The summed E-state index contributed by atoms with van der Waals surface area (Å²) in [7, 11) is 2.00. The number of hydrogen-bond acceptors (Lipinski definition) is 3. The third kappa shape index (κ3) is 4.31. The fourth-order valence-electron chi connectivity index (χ4n) is 3.16. The van der Waals surface area contributed by atoms with Crippen molar-refractivity contribution < 1.29 is 0 Å². The third-order valence-corrected chi connectivity index (χ3v) is 5.78. The molecule has 1 aliphatic rings. The van der Waals surface area contributed by atoms with Gasteiger partial charge in [-0.1, -0.05) is 23.2 Å². The summed E-state index contributed by atoms with van der Waals surface area (Å²) < 4.78 is 1.95. The Morgan fingerprint density at radius 3 is 2.46 bits per heavy atom. The summed E-state index contributed by atoms with van der Waals surface area (Å²) in [6.07, 6.45) is 0. The van der Waals surface area contributed by atoms with Crippen LogP contribution in [0.1, 0.15) is 17.0 Å². The Balaban J connectivity index is 1.55. The standard InChI is InChI=1S/C18H23Cl2N5S/c1-12-15(13(2)23(3)22-12)11-24-6-8-25(9-7-24)18(26)21-17-5-4-14(19)10-16(17)20/h4-5,10H,6-9,11H2,1-3H3,(H,21,26). The van der Waals surface area contributed by atoms with Crippen LogP contribution in [0.25, 0.3) is 0 Å². The molecule has 3 rings (SSSR count). The molecule has 0 unspecified atom stereocenters. The van der Waals surface area contributed by atoms with E-state index < -0.39 is 0 Å². The fraction of sp³-hybridized carbons (Fsp3) is 0.444. The number of thiocarbonyl (C=S) groups is 1. The number of halogens is 2. The number of benzene rings is 1. The van der Waals surface area contributed by atoms with Crippen LogP contribution in [-0.2, 0) is 13.6 Å². The van der Waals surface area contributed by atoms with Crippen molar-refractivity contribution in [1.29, 1.82) is 0 Å². The molecule has 1 fully saturated rings. The Hall–Kier alpha value is -1.34. The first-order valence-corrected chi connectivity index (χ1v) is 9.74. The molecule has 5 nitrogen and oxygen atoms in total. The first-order valence-electron chi connectivity index (χ1n) is 8.57. The van der Waals surface area contributed by atoms with Crippen molar-refractivity contribution >= 4 is 46.2 Å². The Morgan fingerprint density at radius 2 is 1.88 bits per heavy atom. The Morgan fingerprint density at radius 1 is 1.19 bits per heavy atom. The molecule has 140 valence electrons. The normalized spacial score (nSPS) is 15.3. The highest BCUT2D eigenvalue weighted by atomic mass is 35.5. The van der Waals surface area contributed by atoms with Crippen LogP contribution in [0.4, 0.5) is 5.69 Å². The van der Waals surface area contributed by atoms with Gasteiger partial charge in [-0.25, -0.2) is 0 Å². The quantitative estimate of drug-likeness (QED) is 0.775. The van der Waals surface area contributed by atoms with Crippen molar-refractivity contribution in [3.05, 3.63) is 45.2 Å². The third-order valence-electron chi connectivity index (χ3n) is 4.87. The number of aryl methyl sites for hydroxylation is 2. The van der Waals surface area contributed by atoms with E-state index in [1.807, 2.05) is 17.8 Å². The highest BCUT2D eigenvalue weighted by molar-refractivity contribution is 7.80. The van der Waals surface area contributed by atoms with Gasteiger partial charge in [-0.05, 0) is 44.3 Å². The number of nitrogens with one attached hydrogen (secondary N) is 1. The Labute approximate surface area is 169 Å². The molecule has 0 amide bonds. The maximum atomic E-state index is 6.22. The Bertz CT molecular complexity index is 812. The number of hydrogen-bond donors (Lipinski definition) is 1. The minimum atomic E-state index is 0.570. The monoisotopic (exact) mass is 411 g/mol. The molecule has 0 radical (unpaired) electrons. The van der Waals surface area contributed by atoms with Gasteiger partial charge in [0.25, 0.3) is 0 Å². The number of aromatic nitrogens is 2. The van der Waals surface area contributed by atoms with E-state index in [1.165, 1.54) is 11.3 Å². The molecule has 0 bridgehead atoms. The van der Waals surface area contributed by atoms with E-state index in [2.05, 4.69) is 34.1 Å². The van der Waals surface area contributed by atoms with Gasteiger partial charge in [0.1, 0.15) is 0 Å². The van der Waals surface area contributed by atoms with E-state index in [4.69, 9.17) is 35.4 Å². The van der Waals surface area contributed by atoms with Crippen molar-refractivity contribution in [1.82, 2.24) is 19.6 Å². The Kier molecular flexibility index (Phi) is 6.07. The smallest absolute Gasteiger partial charge is 0.173 e. The molecule has 0 aliphatic carbocycles. The van der Waals surface area contributed by atoms with E-state index in [9.17, 15) is 0 Å². The van der Waals surface area contributed by atoms with E-state index in [-0.39, 0.29) is 0 Å². The van der Waals surface area contributed by atoms with Crippen LogP contribution in [0.2, 0.25) is 10.0 Å². The van der Waals surface area contributed by atoms with E-state index in [0.29, 0.717) is 15.2 Å². The fourth-order valence-corrected chi connectivity index (χ4v) is 3.91. The van der Waals surface area contributed by atoms with Crippen LogP contribution in [0.15, 0.2) is 18.2 Å². The predicted molar refractivity (Wildman–Crippen MR) is 112 cm³/mol. The maximum absolute atomic E-state index is 6.22. The summed E-state index contributed by atoms with van der Waals surface area (Å²) in [6.45, 7) is 8.83. The lowest BCUT2D eigenvalue weighted by Crippen LogP contribution is -2.49. The van der Waals surface area contributed by atoms with Crippen LogP contribution in [0.3, 0.4) is 0 Å². The molecule has 0 atom stereocenters. The van der Waals surface area contributed by atoms with Gasteiger partial charge in [0.05, 0.1) is 16.4 Å². The molecule has 1 aromatic heterocycles. The van der Waals surface area contributed by atoms with Crippen molar-refractivity contribution in [2.24, 2.45) is 7.05 Å². The van der Waals surface area contributed by atoms with Crippen LogP contribution >= 0.6 is 35.4 Å². The van der Waals surface area contributed by atoms with Crippen LogP contribution in [0, 0.1) is 13.8 Å². The van der Waals surface area contributed by atoms with Gasteiger partial charge in [0.15, 0.2) is 5.11 Å².